The first kappa shape index (κ1) is 31.0. The normalized spacial score (nSPS) is 25.6. The van der Waals surface area contributed by atoms with Crippen LogP contribution in [0.5, 0.6) is 0 Å². The molecular formula is C42H36N12. The number of benzene rings is 4. The van der Waals surface area contributed by atoms with Gasteiger partial charge in [-0.05, 0) is 82.4 Å². The summed E-state index contributed by atoms with van der Waals surface area (Å²) in [6.07, 6.45) is 13.2. The van der Waals surface area contributed by atoms with Crippen molar-refractivity contribution in [2.24, 2.45) is 0 Å². The van der Waals surface area contributed by atoms with Gasteiger partial charge in [-0.15, -0.1) is 0 Å². The highest BCUT2D eigenvalue weighted by Gasteiger charge is 2.70. The Morgan fingerprint density at radius 3 is 0.741 bits per heavy atom. The minimum Gasteiger partial charge on any atom is -0.197 e. The van der Waals surface area contributed by atoms with Crippen LogP contribution in [0.15, 0.2) is 122 Å². The van der Waals surface area contributed by atoms with E-state index < -0.39 is 0 Å². The maximum atomic E-state index is 4.65. The maximum absolute atomic E-state index is 4.65. The minimum atomic E-state index is -0.269. The van der Waals surface area contributed by atoms with Crippen LogP contribution in [-0.2, 0) is 21.7 Å². The number of H-pyrrole nitrogens is 4. The van der Waals surface area contributed by atoms with E-state index in [2.05, 4.69) is 159 Å². The minimum absolute atomic E-state index is 0.269. The molecule has 54 heavy (non-hydrogen) atoms. The summed E-state index contributed by atoms with van der Waals surface area (Å²) in [5.41, 5.74) is 12.1. The van der Waals surface area contributed by atoms with Gasteiger partial charge in [0.1, 0.15) is 22.8 Å². The first-order chi connectivity index (χ1) is 26.6. The number of rotatable bonds is 8. The third kappa shape index (κ3) is 4.49. The van der Waals surface area contributed by atoms with Crippen molar-refractivity contribution in [1.29, 1.82) is 0 Å². The Balaban J connectivity index is 1.25. The quantitative estimate of drug-likeness (QED) is 0.128. The largest absolute Gasteiger partial charge is 0.197 e. The molecule has 0 atom stereocenters. The number of aromatic amines is 4. The van der Waals surface area contributed by atoms with E-state index >= 15 is 0 Å². The topological polar surface area (TPSA) is 166 Å². The van der Waals surface area contributed by atoms with Gasteiger partial charge in [0, 0.05) is 22.3 Å². The fraction of sp³-hybridized carbons (Fsp3) is 0.238. The van der Waals surface area contributed by atoms with E-state index in [1.807, 2.05) is 24.8 Å². The molecule has 4 aromatic heterocycles. The van der Waals surface area contributed by atoms with Crippen LogP contribution in [-0.4, -0.2) is 61.6 Å². The van der Waals surface area contributed by atoms with E-state index in [0.717, 1.165) is 83.6 Å². The summed E-state index contributed by atoms with van der Waals surface area (Å²) >= 11 is 0. The Morgan fingerprint density at radius 1 is 0.315 bits per heavy atom. The summed E-state index contributed by atoms with van der Waals surface area (Å²) in [5.74, 6) is 0. The van der Waals surface area contributed by atoms with Gasteiger partial charge in [-0.3, -0.25) is 0 Å². The molecule has 0 radical (unpaired) electrons. The molecule has 8 aromatic rings. The molecule has 12 rings (SSSR count). The van der Waals surface area contributed by atoms with Crippen LogP contribution in [0.2, 0.25) is 0 Å². The first-order valence-electron chi connectivity index (χ1n) is 18.4. The highest BCUT2D eigenvalue weighted by atomic mass is 15.3. The zero-order valence-corrected chi connectivity index (χ0v) is 29.4. The van der Waals surface area contributed by atoms with E-state index in [0.29, 0.717) is 0 Å². The lowest BCUT2D eigenvalue weighted by Crippen LogP contribution is -2.67. The molecule has 0 unspecified atom stereocenters. The van der Waals surface area contributed by atoms with Crippen molar-refractivity contribution in [3.63, 3.8) is 0 Å². The first-order valence-corrected chi connectivity index (χ1v) is 18.4. The molecule has 12 nitrogen and oxygen atoms in total. The Bertz CT molecular complexity index is 2190. The monoisotopic (exact) mass is 708 g/mol. The Hall–Kier alpha value is -6.56. The molecular weight excluding hydrogens is 673 g/mol. The number of nitrogens with zero attached hydrogens (tertiary/aromatic N) is 8. The second-order valence-corrected chi connectivity index (χ2v) is 15.8. The van der Waals surface area contributed by atoms with Crippen molar-refractivity contribution in [1.82, 2.24) is 61.6 Å². The van der Waals surface area contributed by atoms with Crippen LogP contribution in [0.1, 0.15) is 60.8 Å². The van der Waals surface area contributed by atoms with E-state index in [1.54, 1.807) is 0 Å². The highest BCUT2D eigenvalue weighted by Crippen LogP contribution is 2.76. The molecule has 4 aliphatic rings. The number of hydrogen-bond acceptors (Lipinski definition) is 8. The van der Waals surface area contributed by atoms with E-state index in [-0.39, 0.29) is 21.7 Å². The molecule has 4 aliphatic carbocycles. The van der Waals surface area contributed by atoms with Gasteiger partial charge in [0.15, 0.2) is 0 Å². The molecule has 4 bridgehead atoms. The smallest absolute Gasteiger partial charge is 0.113 e. The van der Waals surface area contributed by atoms with Crippen LogP contribution in [0.3, 0.4) is 0 Å². The van der Waals surface area contributed by atoms with E-state index in [1.165, 1.54) is 22.3 Å². The molecule has 0 spiro atoms. The zero-order valence-electron chi connectivity index (χ0n) is 29.4. The number of hydrogen-bond donors (Lipinski definition) is 4. The van der Waals surface area contributed by atoms with Gasteiger partial charge in [0.25, 0.3) is 0 Å². The van der Waals surface area contributed by atoms with Gasteiger partial charge in [0.05, 0.1) is 24.8 Å². The lowest BCUT2D eigenvalue weighted by Gasteiger charge is -2.72. The van der Waals surface area contributed by atoms with Crippen LogP contribution in [0, 0.1) is 0 Å². The van der Waals surface area contributed by atoms with Crippen LogP contribution in [0.4, 0.5) is 0 Å². The number of nitrogens with one attached hydrogen (secondary N) is 4. The van der Waals surface area contributed by atoms with Crippen LogP contribution in [0.25, 0.3) is 45.0 Å². The predicted molar refractivity (Wildman–Crippen MR) is 202 cm³/mol. The van der Waals surface area contributed by atoms with Gasteiger partial charge in [-0.25, -0.2) is 0 Å². The van der Waals surface area contributed by atoms with Crippen molar-refractivity contribution < 1.29 is 0 Å². The summed E-state index contributed by atoms with van der Waals surface area (Å²) in [4.78, 5) is 0. The van der Waals surface area contributed by atoms with Gasteiger partial charge in [0.2, 0.25) is 0 Å². The van der Waals surface area contributed by atoms with Crippen LogP contribution < -0.4 is 0 Å². The standard InChI is InChI=1S/C42H36N12/c1-5-13-31(27(9-1)35-17-43-51-47-35)39-21-40(32-14-6-2-10-28(32)36-18-44-52-48-36)24-41(22-39,33-15-7-3-11-29(33)37-19-45-53-49-37)26-42(23-39,25-40)34-16-8-4-12-30(34)38-20-46-54-50-38/h1-20H,21-26H2,(H,43,47,51)(H,44,48,52)(H,45,49,53)(H,46,50,54). The Kier molecular flexibility index (Phi) is 6.59. The van der Waals surface area contributed by atoms with Gasteiger partial charge >= 0.3 is 0 Å². The predicted octanol–water partition coefficient (Wildman–Crippen LogP) is 7.26. The van der Waals surface area contributed by atoms with Crippen molar-refractivity contribution in [2.45, 2.75) is 60.2 Å². The second-order valence-electron chi connectivity index (χ2n) is 15.8. The lowest BCUT2D eigenvalue weighted by atomic mass is 9.31. The van der Waals surface area contributed by atoms with Gasteiger partial charge < -0.3 is 0 Å². The molecule has 0 amide bonds. The maximum Gasteiger partial charge on any atom is 0.113 e. The van der Waals surface area contributed by atoms with Crippen LogP contribution >= 0.6 is 0 Å². The molecule has 12 heteroatoms. The molecule has 4 fully saturated rings. The molecule has 4 aromatic carbocycles. The molecule has 0 saturated heterocycles. The van der Waals surface area contributed by atoms with Gasteiger partial charge in [-0.2, -0.15) is 61.6 Å². The average molecular weight is 709 g/mol. The summed E-state index contributed by atoms with van der Waals surface area (Å²) in [6, 6.07) is 35.5. The summed E-state index contributed by atoms with van der Waals surface area (Å²) in [6.45, 7) is 0. The number of aromatic nitrogens is 12. The van der Waals surface area contributed by atoms with Gasteiger partial charge in [-0.1, -0.05) is 97.1 Å². The Labute approximate surface area is 310 Å². The molecule has 264 valence electrons. The highest BCUT2D eigenvalue weighted by molar-refractivity contribution is 5.73. The fourth-order valence-corrected chi connectivity index (χ4v) is 11.8. The van der Waals surface area contributed by atoms with Crippen molar-refractivity contribution >= 4 is 0 Å². The second kappa shape index (κ2) is 11.5. The third-order valence-corrected chi connectivity index (χ3v) is 12.8. The molecule has 4 N–H and O–H groups in total. The SMILES string of the molecule is c1ccc(C23CC4(c5ccccc5-c5cn[nH]n5)CC(c5ccccc5-c5cn[nH]n5)(C2)CC(c2ccccc2-c2cn[nH]n2)(C3)C4)c(-c2cn[nH]n2)c1. The summed E-state index contributed by atoms with van der Waals surface area (Å²) < 4.78 is 0. The summed E-state index contributed by atoms with van der Waals surface area (Å²) in [7, 11) is 0. The third-order valence-electron chi connectivity index (χ3n) is 12.8. The van der Waals surface area contributed by atoms with E-state index in [9.17, 15) is 0 Å². The Morgan fingerprint density at radius 2 is 0.537 bits per heavy atom. The van der Waals surface area contributed by atoms with Crippen molar-refractivity contribution in [2.75, 3.05) is 0 Å². The summed E-state index contributed by atoms with van der Waals surface area (Å²) in [5, 5.41) is 47.2. The van der Waals surface area contributed by atoms with E-state index in [4.69, 9.17) is 0 Å². The molecule has 4 saturated carbocycles. The molecule has 0 aliphatic heterocycles. The average Bonchev–Trinajstić information content (AvgIpc) is 4.07. The molecule has 4 heterocycles. The zero-order chi connectivity index (χ0) is 35.8. The van der Waals surface area contributed by atoms with Crippen molar-refractivity contribution in [3.05, 3.63) is 144 Å². The lowest BCUT2D eigenvalue weighted by molar-refractivity contribution is -0.0683. The fourth-order valence-electron chi connectivity index (χ4n) is 11.8. The van der Waals surface area contributed by atoms with Crippen molar-refractivity contribution in [3.8, 4) is 45.0 Å².